The highest BCUT2D eigenvalue weighted by atomic mass is 16.7. The fraction of sp³-hybridized carbons (Fsp3) is 0.545. The van der Waals surface area contributed by atoms with Crippen LogP contribution in [0.5, 0.6) is 0 Å². The molecule has 0 bridgehead atoms. The van der Waals surface area contributed by atoms with Crippen LogP contribution in [0.1, 0.15) is 20.3 Å². The number of aliphatic carboxylic acids is 1. The van der Waals surface area contributed by atoms with Gasteiger partial charge < -0.3 is 19.7 Å². The van der Waals surface area contributed by atoms with Crippen molar-refractivity contribution >= 4 is 5.97 Å². The Bertz CT molecular complexity index is 203. The van der Waals surface area contributed by atoms with Gasteiger partial charge in [-0.3, -0.25) is 0 Å². The molecule has 5 nitrogen and oxygen atoms in total. The van der Waals surface area contributed by atoms with Crippen molar-refractivity contribution in [3.05, 3.63) is 25.5 Å². The van der Waals surface area contributed by atoms with Crippen molar-refractivity contribution in [3.8, 4) is 0 Å². The van der Waals surface area contributed by atoms with Crippen molar-refractivity contribution in [3.63, 3.8) is 0 Å². The molecule has 2 N–H and O–H groups in total. The van der Waals surface area contributed by atoms with Gasteiger partial charge in [-0.15, -0.1) is 0 Å². The molecule has 0 fully saturated rings. The molecular weight excluding hydrogens is 212 g/mol. The average molecular weight is 232 g/mol. The first kappa shape index (κ1) is 17.1. The largest absolute Gasteiger partial charge is 0.478 e. The van der Waals surface area contributed by atoms with Crippen LogP contribution in [0.25, 0.3) is 0 Å². The Morgan fingerprint density at radius 2 is 1.94 bits per heavy atom. The summed E-state index contributed by atoms with van der Waals surface area (Å²) >= 11 is 0. The lowest BCUT2D eigenvalue weighted by Crippen LogP contribution is -2.19. The topological polar surface area (TPSA) is 76.0 Å². The van der Waals surface area contributed by atoms with E-state index >= 15 is 0 Å². The summed E-state index contributed by atoms with van der Waals surface area (Å²) in [6.45, 7) is 10.2. The van der Waals surface area contributed by atoms with Gasteiger partial charge in [0.15, 0.2) is 6.29 Å². The highest BCUT2D eigenvalue weighted by Crippen LogP contribution is 2.02. The van der Waals surface area contributed by atoms with Gasteiger partial charge in [0.25, 0.3) is 0 Å². The molecule has 5 heteroatoms. The molecule has 0 aliphatic rings. The van der Waals surface area contributed by atoms with E-state index in [4.69, 9.17) is 19.7 Å². The van der Waals surface area contributed by atoms with Crippen molar-refractivity contribution in [1.29, 1.82) is 0 Å². The minimum atomic E-state index is -0.981. The SMILES string of the molecule is C=CC(=O)O.C=COC(C)OC(C)CCO. The first-order valence-corrected chi connectivity index (χ1v) is 4.85. The molecule has 0 aliphatic carbocycles. The second-order valence-corrected chi connectivity index (χ2v) is 2.87. The molecular formula is C11H20O5. The molecule has 0 amide bonds. The van der Waals surface area contributed by atoms with Gasteiger partial charge in [0.1, 0.15) is 0 Å². The van der Waals surface area contributed by atoms with E-state index in [1.807, 2.05) is 6.92 Å². The van der Waals surface area contributed by atoms with Gasteiger partial charge in [-0.2, -0.15) is 0 Å². The van der Waals surface area contributed by atoms with Crippen LogP contribution in [-0.4, -0.2) is 35.2 Å². The van der Waals surface area contributed by atoms with E-state index in [1.54, 1.807) is 6.92 Å². The zero-order valence-corrected chi connectivity index (χ0v) is 9.76. The molecule has 94 valence electrons. The second kappa shape index (κ2) is 11.7. The summed E-state index contributed by atoms with van der Waals surface area (Å²) in [5.74, 6) is -0.981. The molecule has 0 saturated carbocycles. The van der Waals surface area contributed by atoms with Crippen LogP contribution in [-0.2, 0) is 14.3 Å². The summed E-state index contributed by atoms with van der Waals surface area (Å²) in [5, 5.41) is 16.1. The molecule has 0 aromatic rings. The molecule has 0 heterocycles. The molecule has 16 heavy (non-hydrogen) atoms. The van der Waals surface area contributed by atoms with Gasteiger partial charge in [-0.1, -0.05) is 13.2 Å². The predicted molar refractivity (Wildman–Crippen MR) is 60.8 cm³/mol. The summed E-state index contributed by atoms with van der Waals surface area (Å²) < 4.78 is 10.2. The lowest BCUT2D eigenvalue weighted by molar-refractivity contribution is -0.131. The Kier molecular flexibility index (Phi) is 12.5. The van der Waals surface area contributed by atoms with Crippen LogP contribution < -0.4 is 0 Å². The number of carbonyl (C=O) groups is 1. The Balaban J connectivity index is 0. The van der Waals surface area contributed by atoms with Crippen LogP contribution in [0.2, 0.25) is 0 Å². The highest BCUT2D eigenvalue weighted by molar-refractivity contribution is 5.78. The standard InChI is InChI=1S/C8H16O3.C3H4O2/c1-4-10-8(3)11-7(2)5-6-9;1-2-3(4)5/h4,7-9H,1,5-6H2,2-3H3;2H,1H2,(H,4,5). The zero-order valence-electron chi connectivity index (χ0n) is 9.76. The Labute approximate surface area is 96.0 Å². The van der Waals surface area contributed by atoms with Gasteiger partial charge >= 0.3 is 5.97 Å². The van der Waals surface area contributed by atoms with E-state index in [9.17, 15) is 4.79 Å². The third-order valence-corrected chi connectivity index (χ3v) is 1.42. The molecule has 2 atom stereocenters. The van der Waals surface area contributed by atoms with Crippen molar-refractivity contribution in [1.82, 2.24) is 0 Å². The van der Waals surface area contributed by atoms with Gasteiger partial charge in [-0.05, 0) is 20.3 Å². The Morgan fingerprint density at radius 3 is 2.25 bits per heavy atom. The number of carboxylic acids is 1. The van der Waals surface area contributed by atoms with Crippen LogP contribution in [0.15, 0.2) is 25.5 Å². The third-order valence-electron chi connectivity index (χ3n) is 1.42. The summed E-state index contributed by atoms with van der Waals surface area (Å²) in [6, 6.07) is 0. The normalized spacial score (nSPS) is 12.7. The summed E-state index contributed by atoms with van der Waals surface area (Å²) in [4.78, 5) is 9.25. The Hall–Kier alpha value is -1.33. The Morgan fingerprint density at radius 1 is 1.44 bits per heavy atom. The number of hydrogen-bond donors (Lipinski definition) is 2. The highest BCUT2D eigenvalue weighted by Gasteiger charge is 2.06. The summed E-state index contributed by atoms with van der Waals surface area (Å²) in [7, 11) is 0. The van der Waals surface area contributed by atoms with Crippen LogP contribution >= 0.6 is 0 Å². The lowest BCUT2D eigenvalue weighted by atomic mass is 10.3. The van der Waals surface area contributed by atoms with Crippen LogP contribution in [0, 0.1) is 0 Å². The molecule has 0 aromatic carbocycles. The van der Waals surface area contributed by atoms with Crippen LogP contribution in [0.4, 0.5) is 0 Å². The minimum Gasteiger partial charge on any atom is -0.478 e. The predicted octanol–water partition coefficient (Wildman–Crippen LogP) is 1.54. The number of aliphatic hydroxyl groups excluding tert-OH is 1. The van der Waals surface area contributed by atoms with Crippen molar-refractivity contribution in [2.75, 3.05) is 6.61 Å². The first-order chi connectivity index (χ1) is 7.47. The van der Waals surface area contributed by atoms with E-state index in [1.165, 1.54) is 6.26 Å². The lowest BCUT2D eigenvalue weighted by Gasteiger charge is -2.17. The number of ether oxygens (including phenoxy) is 2. The number of rotatable bonds is 7. The van der Waals surface area contributed by atoms with E-state index < -0.39 is 5.97 Å². The van der Waals surface area contributed by atoms with Gasteiger partial charge in [0.05, 0.1) is 12.4 Å². The quantitative estimate of drug-likeness (QED) is 0.395. The number of hydrogen-bond acceptors (Lipinski definition) is 4. The zero-order chi connectivity index (χ0) is 13.0. The van der Waals surface area contributed by atoms with Gasteiger partial charge in [0, 0.05) is 12.7 Å². The smallest absolute Gasteiger partial charge is 0.327 e. The van der Waals surface area contributed by atoms with Crippen molar-refractivity contribution in [2.24, 2.45) is 0 Å². The number of aliphatic hydroxyl groups is 1. The maximum atomic E-state index is 9.25. The van der Waals surface area contributed by atoms with Crippen LogP contribution in [0.3, 0.4) is 0 Å². The average Bonchev–Trinajstić information content (AvgIpc) is 2.19. The third kappa shape index (κ3) is 15.2. The minimum absolute atomic E-state index is 0.0231. The molecule has 0 radical (unpaired) electrons. The number of carboxylic acid groups (broad SMARTS) is 1. The van der Waals surface area contributed by atoms with E-state index in [0.29, 0.717) is 6.42 Å². The van der Waals surface area contributed by atoms with E-state index in [-0.39, 0.29) is 19.0 Å². The van der Waals surface area contributed by atoms with E-state index in [2.05, 4.69) is 13.2 Å². The molecule has 0 aromatic heterocycles. The maximum Gasteiger partial charge on any atom is 0.327 e. The van der Waals surface area contributed by atoms with Crippen molar-refractivity contribution < 1.29 is 24.5 Å². The summed E-state index contributed by atoms with van der Waals surface area (Å²) in [6.07, 6.45) is 2.55. The van der Waals surface area contributed by atoms with Gasteiger partial charge in [0.2, 0.25) is 0 Å². The second-order valence-electron chi connectivity index (χ2n) is 2.87. The fourth-order valence-electron chi connectivity index (χ4n) is 0.745. The molecule has 2 unspecified atom stereocenters. The van der Waals surface area contributed by atoms with Crippen molar-refractivity contribution in [2.45, 2.75) is 32.7 Å². The van der Waals surface area contributed by atoms with Gasteiger partial charge in [-0.25, -0.2) is 4.79 Å². The first-order valence-electron chi connectivity index (χ1n) is 4.85. The molecule has 0 spiro atoms. The summed E-state index contributed by atoms with van der Waals surface area (Å²) in [5.41, 5.74) is 0. The fourth-order valence-corrected chi connectivity index (χ4v) is 0.745. The molecule has 0 saturated heterocycles. The molecule has 0 aliphatic heterocycles. The monoisotopic (exact) mass is 232 g/mol. The van der Waals surface area contributed by atoms with E-state index in [0.717, 1.165) is 6.08 Å². The maximum absolute atomic E-state index is 9.25. The molecule has 0 rings (SSSR count).